The predicted molar refractivity (Wildman–Crippen MR) is 80.0 cm³/mol. The highest BCUT2D eigenvalue weighted by Gasteiger charge is 2.44. The molecule has 5 nitrogen and oxygen atoms in total. The van der Waals surface area contributed by atoms with E-state index in [1.807, 2.05) is 6.26 Å². The molecule has 3 N–H and O–H groups in total. The third-order valence-electron chi connectivity index (χ3n) is 4.70. The molecule has 0 radical (unpaired) electrons. The molecular formula is C14H24N2O3S. The first kappa shape index (κ1) is 15.5. The fraction of sp³-hybridized carbons (Fsp3) is 0.857. The average Bonchev–Trinajstić information content (AvgIpc) is 3.20. The maximum atomic E-state index is 12.0. The van der Waals surface area contributed by atoms with Crippen molar-refractivity contribution in [2.24, 2.45) is 5.92 Å². The third kappa shape index (κ3) is 3.40. The summed E-state index contributed by atoms with van der Waals surface area (Å²) in [6.07, 6.45) is 7.03. The molecule has 114 valence electrons. The van der Waals surface area contributed by atoms with Gasteiger partial charge in [-0.05, 0) is 50.7 Å². The lowest BCUT2D eigenvalue weighted by Crippen LogP contribution is -2.59. The van der Waals surface area contributed by atoms with Crippen LogP contribution in [0.3, 0.4) is 0 Å². The minimum absolute atomic E-state index is 0.189. The van der Waals surface area contributed by atoms with Crippen LogP contribution in [0, 0.1) is 5.92 Å². The van der Waals surface area contributed by atoms with E-state index in [9.17, 15) is 14.7 Å². The van der Waals surface area contributed by atoms with Gasteiger partial charge in [-0.15, -0.1) is 0 Å². The van der Waals surface area contributed by atoms with Gasteiger partial charge in [-0.25, -0.2) is 9.59 Å². The Morgan fingerprint density at radius 1 is 1.25 bits per heavy atom. The Kier molecular flexibility index (Phi) is 4.52. The fourth-order valence-corrected chi connectivity index (χ4v) is 3.47. The molecule has 0 heterocycles. The van der Waals surface area contributed by atoms with Crippen LogP contribution in [0.5, 0.6) is 0 Å². The second-order valence-corrected chi connectivity index (χ2v) is 7.54. The number of aliphatic carboxylic acids is 1. The Bertz CT molecular complexity index is 388. The van der Waals surface area contributed by atoms with E-state index < -0.39 is 11.5 Å². The van der Waals surface area contributed by atoms with Crippen molar-refractivity contribution in [3.8, 4) is 0 Å². The lowest BCUT2D eigenvalue weighted by atomic mass is 9.77. The summed E-state index contributed by atoms with van der Waals surface area (Å²) >= 11 is 1.77. The van der Waals surface area contributed by atoms with Crippen LogP contribution in [0.1, 0.15) is 45.4 Å². The molecular weight excluding hydrogens is 276 g/mol. The van der Waals surface area contributed by atoms with Crippen molar-refractivity contribution in [1.82, 2.24) is 10.6 Å². The Morgan fingerprint density at radius 3 is 2.30 bits per heavy atom. The molecule has 6 heteroatoms. The zero-order chi connectivity index (χ0) is 14.8. The molecule has 0 bridgehead atoms. The number of carbonyl (C=O) groups is 2. The van der Waals surface area contributed by atoms with Crippen molar-refractivity contribution >= 4 is 23.8 Å². The lowest BCUT2D eigenvalue weighted by molar-refractivity contribution is -0.146. The van der Waals surface area contributed by atoms with Gasteiger partial charge in [0.2, 0.25) is 0 Å². The summed E-state index contributed by atoms with van der Waals surface area (Å²) in [5, 5.41) is 15.0. The standard InChI is InChI=1S/C14H24N2O3S/c1-10-3-5-14(6-4-10,11(17)18)16-12(19)15-9-13(20-2)7-8-13/h10H,3-9H2,1-2H3,(H,17,18)(H2,15,16,19). The fourth-order valence-electron chi connectivity index (χ4n) is 2.74. The molecule has 2 aliphatic rings. The van der Waals surface area contributed by atoms with E-state index in [1.54, 1.807) is 11.8 Å². The number of carbonyl (C=O) groups excluding carboxylic acids is 1. The highest BCUT2D eigenvalue weighted by molar-refractivity contribution is 8.00. The van der Waals surface area contributed by atoms with Crippen molar-refractivity contribution < 1.29 is 14.7 Å². The van der Waals surface area contributed by atoms with Crippen LogP contribution in [0.15, 0.2) is 0 Å². The van der Waals surface area contributed by atoms with Crippen LogP contribution in [-0.4, -0.2) is 40.2 Å². The minimum Gasteiger partial charge on any atom is -0.480 e. The van der Waals surface area contributed by atoms with Gasteiger partial charge in [0.1, 0.15) is 5.54 Å². The Morgan fingerprint density at radius 2 is 1.85 bits per heavy atom. The number of nitrogens with one attached hydrogen (secondary N) is 2. The normalized spacial score (nSPS) is 31.4. The summed E-state index contributed by atoms with van der Waals surface area (Å²) in [7, 11) is 0. The van der Waals surface area contributed by atoms with E-state index in [-0.39, 0.29) is 10.8 Å². The van der Waals surface area contributed by atoms with Gasteiger partial charge in [-0.1, -0.05) is 6.92 Å². The molecule has 20 heavy (non-hydrogen) atoms. The molecule has 0 aromatic rings. The molecule has 0 unspecified atom stereocenters. The van der Waals surface area contributed by atoms with E-state index >= 15 is 0 Å². The van der Waals surface area contributed by atoms with E-state index in [2.05, 4.69) is 17.6 Å². The zero-order valence-corrected chi connectivity index (χ0v) is 13.0. The van der Waals surface area contributed by atoms with E-state index in [0.717, 1.165) is 25.7 Å². The lowest BCUT2D eigenvalue weighted by Gasteiger charge is -2.36. The van der Waals surface area contributed by atoms with Gasteiger partial charge in [0, 0.05) is 11.3 Å². The van der Waals surface area contributed by atoms with Crippen molar-refractivity contribution in [3.05, 3.63) is 0 Å². The van der Waals surface area contributed by atoms with Crippen LogP contribution >= 0.6 is 11.8 Å². The minimum atomic E-state index is -1.08. The van der Waals surface area contributed by atoms with Gasteiger partial charge in [-0.3, -0.25) is 0 Å². The Balaban J connectivity index is 1.88. The van der Waals surface area contributed by atoms with Crippen LogP contribution in [0.2, 0.25) is 0 Å². The number of carboxylic acids is 1. The summed E-state index contributed by atoms with van der Waals surface area (Å²) in [5.41, 5.74) is -1.08. The molecule has 0 aromatic carbocycles. The van der Waals surface area contributed by atoms with Gasteiger partial charge in [0.25, 0.3) is 0 Å². The number of carboxylic acid groups (broad SMARTS) is 1. The molecule has 2 saturated carbocycles. The van der Waals surface area contributed by atoms with E-state index in [4.69, 9.17) is 0 Å². The summed E-state index contributed by atoms with van der Waals surface area (Å²) in [6.45, 7) is 2.74. The quantitative estimate of drug-likeness (QED) is 0.727. The molecule has 2 rings (SSSR count). The van der Waals surface area contributed by atoms with E-state index in [0.29, 0.717) is 25.3 Å². The molecule has 0 spiro atoms. The third-order valence-corrected chi connectivity index (χ3v) is 6.12. The number of hydrogen-bond donors (Lipinski definition) is 3. The number of urea groups is 1. The molecule has 0 atom stereocenters. The SMILES string of the molecule is CSC1(CNC(=O)NC2(C(=O)O)CCC(C)CC2)CC1. The van der Waals surface area contributed by atoms with Crippen molar-refractivity contribution in [3.63, 3.8) is 0 Å². The highest BCUT2D eigenvalue weighted by Crippen LogP contribution is 2.46. The van der Waals surface area contributed by atoms with Crippen molar-refractivity contribution in [1.29, 1.82) is 0 Å². The number of thioether (sulfide) groups is 1. The van der Waals surface area contributed by atoms with Gasteiger partial charge in [0.15, 0.2) is 0 Å². The highest BCUT2D eigenvalue weighted by atomic mass is 32.2. The molecule has 2 fully saturated rings. The zero-order valence-electron chi connectivity index (χ0n) is 12.2. The number of amides is 2. The van der Waals surface area contributed by atoms with Crippen LogP contribution < -0.4 is 10.6 Å². The summed E-state index contributed by atoms with van der Waals surface area (Å²) in [5.74, 6) is -0.371. The van der Waals surface area contributed by atoms with Crippen LogP contribution in [0.4, 0.5) is 4.79 Å². The number of rotatable bonds is 5. The summed E-state index contributed by atoms with van der Waals surface area (Å²) in [4.78, 5) is 23.5. The maximum Gasteiger partial charge on any atom is 0.329 e. The maximum absolute atomic E-state index is 12.0. The first-order valence-corrected chi connectivity index (χ1v) is 8.48. The van der Waals surface area contributed by atoms with Crippen molar-refractivity contribution in [2.45, 2.75) is 55.7 Å². The Hall–Kier alpha value is -0.910. The van der Waals surface area contributed by atoms with E-state index in [1.165, 1.54) is 0 Å². The number of hydrogen-bond acceptors (Lipinski definition) is 3. The molecule has 2 aliphatic carbocycles. The second kappa shape index (κ2) is 5.84. The molecule has 0 aromatic heterocycles. The monoisotopic (exact) mass is 300 g/mol. The summed E-state index contributed by atoms with van der Waals surface area (Å²) < 4.78 is 0.189. The van der Waals surface area contributed by atoms with Crippen LogP contribution in [-0.2, 0) is 4.79 Å². The first-order chi connectivity index (χ1) is 9.41. The smallest absolute Gasteiger partial charge is 0.329 e. The second-order valence-electron chi connectivity index (χ2n) is 6.26. The van der Waals surface area contributed by atoms with Gasteiger partial charge in [0.05, 0.1) is 0 Å². The van der Waals surface area contributed by atoms with Gasteiger partial charge >= 0.3 is 12.0 Å². The van der Waals surface area contributed by atoms with Gasteiger partial charge in [-0.2, -0.15) is 11.8 Å². The molecule has 2 amide bonds. The van der Waals surface area contributed by atoms with Crippen molar-refractivity contribution in [2.75, 3.05) is 12.8 Å². The average molecular weight is 300 g/mol. The molecule has 0 aliphatic heterocycles. The van der Waals surface area contributed by atoms with Crippen LogP contribution in [0.25, 0.3) is 0 Å². The topological polar surface area (TPSA) is 78.4 Å². The van der Waals surface area contributed by atoms with Gasteiger partial charge < -0.3 is 15.7 Å². The largest absolute Gasteiger partial charge is 0.480 e. The first-order valence-electron chi connectivity index (χ1n) is 7.26. The molecule has 0 saturated heterocycles. The summed E-state index contributed by atoms with van der Waals surface area (Å²) in [6, 6.07) is -0.345. The predicted octanol–water partition coefficient (Wildman–Crippen LogP) is 2.21. The Labute approximate surface area is 124 Å².